The molecule has 5 nitrogen and oxygen atoms in total. The van der Waals surface area contributed by atoms with Crippen LogP contribution in [0.1, 0.15) is 12.5 Å². The zero-order valence-corrected chi connectivity index (χ0v) is 15.3. The molecule has 0 bridgehead atoms. The highest BCUT2D eigenvalue weighted by Crippen LogP contribution is 2.36. The molecule has 1 heterocycles. The third-order valence-corrected chi connectivity index (χ3v) is 5.09. The van der Waals surface area contributed by atoms with E-state index in [-0.39, 0.29) is 18.0 Å². The number of rotatable bonds is 5. The van der Waals surface area contributed by atoms with Crippen molar-refractivity contribution in [3.8, 4) is 11.5 Å². The summed E-state index contributed by atoms with van der Waals surface area (Å²) in [4.78, 5) is 13.2. The van der Waals surface area contributed by atoms with E-state index in [1.807, 2.05) is 49.4 Å². The first-order chi connectivity index (χ1) is 11.6. The zero-order valence-electron chi connectivity index (χ0n) is 12.9. The largest absolute Gasteiger partial charge is 0.454 e. The average Bonchev–Trinajstić information content (AvgIpc) is 3.02. The van der Waals surface area contributed by atoms with Crippen molar-refractivity contribution in [1.29, 1.82) is 0 Å². The molecule has 0 radical (unpaired) electrons. The van der Waals surface area contributed by atoms with E-state index in [0.717, 1.165) is 14.9 Å². The molecule has 0 saturated carbocycles. The lowest BCUT2D eigenvalue weighted by Gasteiger charge is -2.09. The minimum atomic E-state index is -0.246. The lowest BCUT2D eigenvalue weighted by molar-refractivity contribution is -0.120. The van der Waals surface area contributed by atoms with Gasteiger partial charge in [0.25, 0.3) is 5.91 Å². The van der Waals surface area contributed by atoms with E-state index in [4.69, 9.17) is 9.47 Å². The maximum Gasteiger partial charge on any atom is 0.253 e. The van der Waals surface area contributed by atoms with Gasteiger partial charge in [0.15, 0.2) is 11.5 Å². The van der Waals surface area contributed by atoms with E-state index in [1.54, 1.807) is 6.21 Å². The van der Waals surface area contributed by atoms with E-state index >= 15 is 0 Å². The van der Waals surface area contributed by atoms with E-state index in [9.17, 15) is 4.79 Å². The van der Waals surface area contributed by atoms with Crippen LogP contribution in [0.4, 0.5) is 0 Å². The number of ether oxygens (including phenoxy) is 2. The Kier molecular flexibility index (Phi) is 5.42. The van der Waals surface area contributed by atoms with Crippen molar-refractivity contribution < 1.29 is 14.3 Å². The van der Waals surface area contributed by atoms with Crippen LogP contribution >= 0.6 is 27.7 Å². The van der Waals surface area contributed by atoms with E-state index in [2.05, 4.69) is 26.5 Å². The summed E-state index contributed by atoms with van der Waals surface area (Å²) in [5.41, 5.74) is 3.36. The fourth-order valence-corrected chi connectivity index (χ4v) is 3.35. The second kappa shape index (κ2) is 7.72. The van der Waals surface area contributed by atoms with E-state index in [1.165, 1.54) is 11.8 Å². The highest BCUT2D eigenvalue weighted by molar-refractivity contribution is 9.10. The van der Waals surface area contributed by atoms with Crippen LogP contribution < -0.4 is 14.9 Å². The van der Waals surface area contributed by atoms with Crippen LogP contribution in [-0.4, -0.2) is 24.2 Å². The molecule has 24 heavy (non-hydrogen) atoms. The van der Waals surface area contributed by atoms with Gasteiger partial charge in [-0.15, -0.1) is 11.8 Å². The molecule has 0 aromatic heterocycles. The van der Waals surface area contributed by atoms with Gasteiger partial charge in [-0.25, -0.2) is 5.43 Å². The van der Waals surface area contributed by atoms with Crippen molar-refractivity contribution in [2.24, 2.45) is 5.10 Å². The molecule has 1 amide bonds. The highest BCUT2D eigenvalue weighted by Gasteiger charge is 2.16. The van der Waals surface area contributed by atoms with Gasteiger partial charge in [-0.05, 0) is 47.1 Å². The lowest BCUT2D eigenvalue weighted by Crippen LogP contribution is -2.26. The first kappa shape index (κ1) is 16.9. The Morgan fingerprint density at radius 1 is 1.29 bits per heavy atom. The van der Waals surface area contributed by atoms with Crippen molar-refractivity contribution in [3.05, 3.63) is 52.5 Å². The number of halogens is 1. The fraction of sp³-hybridized carbons (Fsp3) is 0.176. The van der Waals surface area contributed by atoms with Crippen molar-refractivity contribution >= 4 is 39.8 Å². The number of amides is 1. The molecule has 2 aromatic rings. The Hall–Kier alpha value is -1.99. The average molecular weight is 407 g/mol. The second-order valence-corrected chi connectivity index (χ2v) is 7.30. The Morgan fingerprint density at radius 3 is 2.75 bits per heavy atom. The quantitative estimate of drug-likeness (QED) is 0.465. The standard InChI is InChI=1S/C17H15BrN2O3S/c1-11(24-13-5-3-2-4-6-13)17(21)20-19-9-12-7-15-16(8-14(12)18)23-10-22-15/h2-9,11H,10H2,1H3,(H,20,21). The molecule has 2 aromatic carbocycles. The van der Waals surface area contributed by atoms with Gasteiger partial charge in [0.1, 0.15) is 0 Å². The number of fused-ring (bicyclic) bond motifs is 1. The molecule has 124 valence electrons. The number of thioether (sulfide) groups is 1. The minimum Gasteiger partial charge on any atom is -0.454 e. The number of carbonyl (C=O) groups excluding carboxylic acids is 1. The summed E-state index contributed by atoms with van der Waals surface area (Å²) in [7, 11) is 0. The first-order valence-electron chi connectivity index (χ1n) is 7.27. The number of hydrogen-bond donors (Lipinski definition) is 1. The van der Waals surface area contributed by atoms with Gasteiger partial charge in [-0.1, -0.05) is 18.2 Å². The molecule has 1 unspecified atom stereocenters. The van der Waals surface area contributed by atoms with Crippen molar-refractivity contribution in [3.63, 3.8) is 0 Å². The first-order valence-corrected chi connectivity index (χ1v) is 8.94. The SMILES string of the molecule is CC(Sc1ccccc1)C(=O)NN=Cc1cc2c(cc1Br)OCO2. The van der Waals surface area contributed by atoms with Crippen LogP contribution in [0.2, 0.25) is 0 Å². The molecular weight excluding hydrogens is 392 g/mol. The topological polar surface area (TPSA) is 59.9 Å². The lowest BCUT2D eigenvalue weighted by atomic mass is 10.2. The van der Waals surface area contributed by atoms with E-state index in [0.29, 0.717) is 11.5 Å². The van der Waals surface area contributed by atoms with Crippen LogP contribution in [0.25, 0.3) is 0 Å². The van der Waals surface area contributed by atoms with Gasteiger partial charge in [0.2, 0.25) is 6.79 Å². The van der Waals surface area contributed by atoms with Crippen molar-refractivity contribution in [2.75, 3.05) is 6.79 Å². The van der Waals surface area contributed by atoms with E-state index < -0.39 is 0 Å². The molecule has 0 aliphatic carbocycles. The Labute approximate surface area is 152 Å². The maximum absolute atomic E-state index is 12.1. The van der Waals surface area contributed by atoms with Gasteiger partial charge >= 0.3 is 0 Å². The van der Waals surface area contributed by atoms with Crippen LogP contribution in [0.3, 0.4) is 0 Å². The van der Waals surface area contributed by atoms with Gasteiger partial charge in [0.05, 0.1) is 11.5 Å². The summed E-state index contributed by atoms with van der Waals surface area (Å²) in [6.45, 7) is 2.06. The van der Waals surface area contributed by atoms with Gasteiger partial charge in [-0.3, -0.25) is 4.79 Å². The predicted octanol–water partition coefficient (Wildman–Crippen LogP) is 3.81. The summed E-state index contributed by atoms with van der Waals surface area (Å²) in [6.07, 6.45) is 1.57. The number of nitrogens with one attached hydrogen (secondary N) is 1. The number of hydrazone groups is 1. The molecule has 0 fully saturated rings. The number of benzene rings is 2. The van der Waals surface area contributed by atoms with Crippen molar-refractivity contribution in [2.45, 2.75) is 17.1 Å². The summed E-state index contributed by atoms with van der Waals surface area (Å²) in [6, 6.07) is 13.4. The van der Waals surface area contributed by atoms with Gasteiger partial charge < -0.3 is 9.47 Å². The minimum absolute atomic E-state index is 0.156. The smallest absolute Gasteiger partial charge is 0.253 e. The Bertz CT molecular complexity index is 768. The summed E-state index contributed by atoms with van der Waals surface area (Å²) in [5, 5.41) is 3.78. The molecule has 1 aliphatic rings. The van der Waals surface area contributed by atoms with Crippen LogP contribution in [0.15, 0.2) is 56.9 Å². The number of nitrogens with zero attached hydrogens (tertiary/aromatic N) is 1. The summed E-state index contributed by atoms with van der Waals surface area (Å²) >= 11 is 4.93. The monoisotopic (exact) mass is 406 g/mol. The second-order valence-electron chi connectivity index (χ2n) is 5.03. The zero-order chi connectivity index (χ0) is 16.9. The molecule has 1 N–H and O–H groups in total. The van der Waals surface area contributed by atoms with Crippen LogP contribution in [-0.2, 0) is 4.79 Å². The molecule has 7 heteroatoms. The van der Waals surface area contributed by atoms with Gasteiger partial charge in [0, 0.05) is 14.9 Å². The van der Waals surface area contributed by atoms with Crippen LogP contribution in [0, 0.1) is 0 Å². The third-order valence-electron chi connectivity index (χ3n) is 3.30. The normalized spacial score (nSPS) is 13.9. The van der Waals surface area contributed by atoms with Gasteiger partial charge in [-0.2, -0.15) is 5.10 Å². The molecule has 0 saturated heterocycles. The van der Waals surface area contributed by atoms with Crippen LogP contribution in [0.5, 0.6) is 11.5 Å². The molecular formula is C17H15BrN2O3S. The molecule has 1 aliphatic heterocycles. The summed E-state index contributed by atoms with van der Waals surface area (Å²) in [5.74, 6) is 1.20. The molecule has 0 spiro atoms. The number of carbonyl (C=O) groups is 1. The predicted molar refractivity (Wildman–Crippen MR) is 97.8 cm³/mol. The maximum atomic E-state index is 12.1. The fourth-order valence-electron chi connectivity index (χ4n) is 2.04. The Morgan fingerprint density at radius 2 is 2.00 bits per heavy atom. The molecule has 1 atom stereocenters. The Balaban J connectivity index is 1.59. The van der Waals surface area contributed by atoms with Crippen molar-refractivity contribution in [1.82, 2.24) is 5.43 Å². The third kappa shape index (κ3) is 4.10. The number of hydrogen-bond acceptors (Lipinski definition) is 5. The highest BCUT2D eigenvalue weighted by atomic mass is 79.9. The molecule has 3 rings (SSSR count). The summed E-state index contributed by atoms with van der Waals surface area (Å²) < 4.78 is 11.4.